The topological polar surface area (TPSA) is 59.4 Å². The average molecular weight is 471 g/mol. The van der Waals surface area contributed by atoms with Crippen molar-refractivity contribution in [3.63, 3.8) is 0 Å². The molecule has 1 saturated heterocycles. The van der Waals surface area contributed by atoms with E-state index < -0.39 is 21.1 Å². The van der Waals surface area contributed by atoms with Crippen LogP contribution in [-0.2, 0) is 16.4 Å². The van der Waals surface area contributed by atoms with Crippen LogP contribution in [0.25, 0.3) is 10.9 Å². The zero-order valence-electron chi connectivity index (χ0n) is 19.5. The highest BCUT2D eigenvalue weighted by atomic mass is 32.2. The van der Waals surface area contributed by atoms with E-state index in [4.69, 9.17) is 0 Å². The van der Waals surface area contributed by atoms with E-state index in [0.717, 1.165) is 56.3 Å². The van der Waals surface area contributed by atoms with Gasteiger partial charge in [0, 0.05) is 25.8 Å². The molecule has 0 atom stereocenters. The molecule has 0 amide bonds. The summed E-state index contributed by atoms with van der Waals surface area (Å²) in [6, 6.07) is 7.97. The molecule has 1 aliphatic rings. The highest BCUT2D eigenvalue weighted by Crippen LogP contribution is 2.29. The quantitative estimate of drug-likeness (QED) is 0.502. The minimum Gasteiger partial charge on any atom is -0.369 e. The summed E-state index contributed by atoms with van der Waals surface area (Å²) in [5.41, 5.74) is 2.01. The molecule has 2 heterocycles. The number of rotatable bonds is 5. The second-order valence-electron chi connectivity index (χ2n) is 9.06. The molecule has 33 heavy (non-hydrogen) atoms. The second kappa shape index (κ2) is 9.29. The van der Waals surface area contributed by atoms with Crippen LogP contribution in [0.4, 0.5) is 10.1 Å². The fraction of sp³-hybridized carbons (Fsp3) is 0.423. The molecular formula is C26H31FN2O3S. The molecule has 0 saturated carbocycles. The number of pyridine rings is 1. The Hall–Kier alpha value is -2.67. The highest BCUT2D eigenvalue weighted by Gasteiger charge is 2.26. The lowest BCUT2D eigenvalue weighted by molar-refractivity contribution is 0.592. The third kappa shape index (κ3) is 4.56. The van der Waals surface area contributed by atoms with E-state index in [1.54, 1.807) is 22.8 Å². The Morgan fingerprint density at radius 2 is 1.58 bits per heavy atom. The molecular weight excluding hydrogens is 439 g/mol. The number of sulfone groups is 1. The van der Waals surface area contributed by atoms with Gasteiger partial charge >= 0.3 is 0 Å². The van der Waals surface area contributed by atoms with E-state index in [1.165, 1.54) is 12.3 Å². The Morgan fingerprint density at radius 1 is 0.939 bits per heavy atom. The van der Waals surface area contributed by atoms with Gasteiger partial charge in [-0.3, -0.25) is 4.79 Å². The average Bonchev–Trinajstić information content (AvgIpc) is 3.04. The van der Waals surface area contributed by atoms with Gasteiger partial charge in [-0.1, -0.05) is 25.8 Å². The fourth-order valence-corrected chi connectivity index (χ4v) is 6.32. The molecule has 4 rings (SSSR count). The first-order valence-electron chi connectivity index (χ1n) is 11.7. The third-order valence-electron chi connectivity index (χ3n) is 6.32. The van der Waals surface area contributed by atoms with Crippen LogP contribution in [-0.4, -0.2) is 26.1 Å². The summed E-state index contributed by atoms with van der Waals surface area (Å²) < 4.78 is 44.0. The molecule has 2 aromatic carbocycles. The van der Waals surface area contributed by atoms with Gasteiger partial charge in [-0.15, -0.1) is 0 Å². The van der Waals surface area contributed by atoms with Crippen LogP contribution in [0.3, 0.4) is 0 Å². The Bertz CT molecular complexity index is 1330. The lowest BCUT2D eigenvalue weighted by Crippen LogP contribution is -2.26. The van der Waals surface area contributed by atoms with Crippen molar-refractivity contribution in [3.8, 4) is 0 Å². The molecule has 176 valence electrons. The first kappa shape index (κ1) is 23.5. The molecule has 0 spiro atoms. The predicted octanol–water partition coefficient (Wildman–Crippen LogP) is 5.38. The zero-order valence-corrected chi connectivity index (χ0v) is 20.3. The van der Waals surface area contributed by atoms with E-state index in [-0.39, 0.29) is 15.2 Å². The Balaban J connectivity index is 1.94. The fourth-order valence-electron chi connectivity index (χ4n) is 4.76. The van der Waals surface area contributed by atoms with Crippen LogP contribution in [0.2, 0.25) is 0 Å². The standard InChI is InChI=1S/C26H31FN2O3S/c1-4-9-29-17-25(33(31,32)20-13-18(2)12-19(3)14-20)26(30)21-15-22(27)24(16-23(21)29)28-10-7-5-6-8-11-28/h12-17H,4-11H2,1-3H3. The van der Waals surface area contributed by atoms with Crippen LogP contribution in [0.15, 0.2) is 51.1 Å². The van der Waals surface area contributed by atoms with Gasteiger partial charge in [0.1, 0.15) is 10.7 Å². The van der Waals surface area contributed by atoms with Crippen LogP contribution in [0.5, 0.6) is 0 Å². The molecule has 0 aliphatic carbocycles. The second-order valence-corrected chi connectivity index (χ2v) is 11.0. The lowest BCUT2D eigenvalue weighted by atomic mass is 10.1. The van der Waals surface area contributed by atoms with Crippen LogP contribution in [0, 0.1) is 19.7 Å². The number of hydrogen-bond donors (Lipinski definition) is 0. The molecule has 5 nitrogen and oxygen atoms in total. The van der Waals surface area contributed by atoms with Crippen molar-refractivity contribution in [2.24, 2.45) is 0 Å². The van der Waals surface area contributed by atoms with Gasteiger partial charge in [0.15, 0.2) is 0 Å². The number of nitrogens with zero attached hydrogens (tertiary/aromatic N) is 2. The zero-order chi connectivity index (χ0) is 23.8. The minimum absolute atomic E-state index is 0.0844. The smallest absolute Gasteiger partial charge is 0.211 e. The first-order chi connectivity index (χ1) is 15.7. The van der Waals surface area contributed by atoms with Crippen molar-refractivity contribution in [2.45, 2.75) is 69.2 Å². The molecule has 3 aromatic rings. The van der Waals surface area contributed by atoms with Crippen LogP contribution in [0.1, 0.15) is 50.2 Å². The van der Waals surface area contributed by atoms with Gasteiger partial charge in [0.2, 0.25) is 15.3 Å². The minimum atomic E-state index is -4.06. The summed E-state index contributed by atoms with van der Waals surface area (Å²) in [6.45, 7) is 7.71. The first-order valence-corrected chi connectivity index (χ1v) is 13.2. The van der Waals surface area contributed by atoms with E-state index >= 15 is 4.39 Å². The number of halogens is 1. The van der Waals surface area contributed by atoms with Crippen molar-refractivity contribution in [2.75, 3.05) is 18.0 Å². The number of fused-ring (bicyclic) bond motifs is 1. The Morgan fingerprint density at radius 3 is 2.18 bits per heavy atom. The van der Waals surface area contributed by atoms with Crippen LogP contribution >= 0.6 is 0 Å². The molecule has 1 aliphatic heterocycles. The van der Waals surface area contributed by atoms with Gasteiger partial charge in [0.25, 0.3) is 0 Å². The van der Waals surface area contributed by atoms with E-state index in [9.17, 15) is 13.2 Å². The van der Waals surface area contributed by atoms with Gasteiger partial charge in [-0.2, -0.15) is 0 Å². The summed E-state index contributed by atoms with van der Waals surface area (Å²) >= 11 is 0. The number of aryl methyl sites for hydroxylation is 3. The normalized spacial score (nSPS) is 15.1. The molecule has 0 bridgehead atoms. The molecule has 1 aromatic heterocycles. The summed E-state index contributed by atoms with van der Waals surface area (Å²) in [5, 5.41) is 0.102. The van der Waals surface area contributed by atoms with Crippen molar-refractivity contribution in [1.29, 1.82) is 0 Å². The van der Waals surface area contributed by atoms with E-state index in [0.29, 0.717) is 17.7 Å². The van der Waals surface area contributed by atoms with E-state index in [1.807, 2.05) is 31.7 Å². The SMILES string of the molecule is CCCn1cc(S(=O)(=O)c2cc(C)cc(C)c2)c(=O)c2cc(F)c(N3CCCCCC3)cc21. The number of anilines is 1. The van der Waals surface area contributed by atoms with Gasteiger partial charge in [0.05, 0.1) is 21.5 Å². The predicted molar refractivity (Wildman–Crippen MR) is 131 cm³/mol. The maximum atomic E-state index is 15.3. The lowest BCUT2D eigenvalue weighted by Gasteiger charge is -2.24. The van der Waals surface area contributed by atoms with Gasteiger partial charge in [-0.25, -0.2) is 12.8 Å². The number of benzene rings is 2. The maximum Gasteiger partial charge on any atom is 0.211 e. The monoisotopic (exact) mass is 470 g/mol. The largest absolute Gasteiger partial charge is 0.369 e. The van der Waals surface area contributed by atoms with Crippen LogP contribution < -0.4 is 10.3 Å². The molecule has 0 radical (unpaired) electrons. The van der Waals surface area contributed by atoms with E-state index in [2.05, 4.69) is 0 Å². The van der Waals surface area contributed by atoms with Crippen molar-refractivity contribution >= 4 is 26.4 Å². The molecule has 7 heteroatoms. The highest BCUT2D eigenvalue weighted by molar-refractivity contribution is 7.91. The number of aromatic nitrogens is 1. The Labute approximate surface area is 194 Å². The van der Waals surface area contributed by atoms with Crippen molar-refractivity contribution in [3.05, 3.63) is 63.7 Å². The summed E-state index contributed by atoms with van der Waals surface area (Å²) in [4.78, 5) is 15.2. The molecule has 1 fully saturated rings. The third-order valence-corrected chi connectivity index (χ3v) is 8.05. The molecule has 0 N–H and O–H groups in total. The van der Waals surface area contributed by atoms with Crippen molar-refractivity contribution < 1.29 is 12.8 Å². The van der Waals surface area contributed by atoms with Gasteiger partial charge in [-0.05, 0) is 68.5 Å². The number of hydrogen-bond acceptors (Lipinski definition) is 4. The van der Waals surface area contributed by atoms with Gasteiger partial charge < -0.3 is 9.47 Å². The molecule has 0 unspecified atom stereocenters. The maximum absolute atomic E-state index is 15.3. The summed E-state index contributed by atoms with van der Waals surface area (Å²) in [5.74, 6) is -0.481. The summed E-state index contributed by atoms with van der Waals surface area (Å²) in [6.07, 6.45) is 6.46. The summed E-state index contributed by atoms with van der Waals surface area (Å²) in [7, 11) is -4.06. The Kier molecular flexibility index (Phi) is 6.61. The van der Waals surface area contributed by atoms with Crippen molar-refractivity contribution in [1.82, 2.24) is 4.57 Å².